The van der Waals surface area contributed by atoms with Crippen LogP contribution in [0.2, 0.25) is 0 Å². The van der Waals surface area contributed by atoms with Crippen LogP contribution in [0.1, 0.15) is 12.5 Å². The molecule has 0 saturated carbocycles. The number of methoxy groups -OCH3 is 1. The number of epoxide rings is 1. The maximum Gasteiger partial charge on any atom is 0.178 e. The van der Waals surface area contributed by atoms with Crippen LogP contribution < -0.4 is 4.74 Å². The third-order valence-corrected chi connectivity index (χ3v) is 2.56. The van der Waals surface area contributed by atoms with Gasteiger partial charge in [0, 0.05) is 5.56 Å². The van der Waals surface area contributed by atoms with Crippen molar-refractivity contribution in [1.29, 1.82) is 5.26 Å². The predicted molar refractivity (Wildman–Crippen MR) is 50.8 cm³/mol. The zero-order valence-electron chi connectivity index (χ0n) is 8.15. The fourth-order valence-corrected chi connectivity index (χ4v) is 1.62. The summed E-state index contributed by atoms with van der Waals surface area (Å²) in [5.74, 6) is 0.771. The average Bonchev–Trinajstić information content (AvgIpc) is 2.91. The first kappa shape index (κ1) is 9.04. The molecule has 14 heavy (non-hydrogen) atoms. The Labute approximate surface area is 82.9 Å². The Bertz CT molecular complexity index is 397. The summed E-state index contributed by atoms with van der Waals surface area (Å²) < 4.78 is 10.6. The van der Waals surface area contributed by atoms with Gasteiger partial charge < -0.3 is 9.47 Å². The highest BCUT2D eigenvalue weighted by Crippen LogP contribution is 2.48. The van der Waals surface area contributed by atoms with Crippen LogP contribution in [-0.2, 0) is 10.3 Å². The van der Waals surface area contributed by atoms with E-state index >= 15 is 0 Å². The van der Waals surface area contributed by atoms with Crippen molar-refractivity contribution >= 4 is 0 Å². The lowest BCUT2D eigenvalue weighted by molar-refractivity contribution is 0.310. The van der Waals surface area contributed by atoms with Gasteiger partial charge in [-0.3, -0.25) is 0 Å². The molecule has 2 atom stereocenters. The lowest BCUT2D eigenvalue weighted by Crippen LogP contribution is -2.08. The minimum atomic E-state index is -0.485. The van der Waals surface area contributed by atoms with Crippen molar-refractivity contribution in [3.63, 3.8) is 0 Å². The first-order chi connectivity index (χ1) is 6.72. The molecule has 1 aliphatic rings. The van der Waals surface area contributed by atoms with Crippen LogP contribution in [0.3, 0.4) is 0 Å². The van der Waals surface area contributed by atoms with E-state index in [1.54, 1.807) is 7.11 Å². The number of hydrogen-bond donors (Lipinski definition) is 0. The maximum atomic E-state index is 8.75. The van der Waals surface area contributed by atoms with Crippen molar-refractivity contribution in [3.05, 3.63) is 29.8 Å². The van der Waals surface area contributed by atoms with E-state index in [0.29, 0.717) is 0 Å². The molecule has 1 aliphatic heterocycles. The first-order valence-corrected chi connectivity index (χ1v) is 4.43. The molecule has 3 nitrogen and oxygen atoms in total. The monoisotopic (exact) mass is 189 g/mol. The maximum absolute atomic E-state index is 8.75. The summed E-state index contributed by atoms with van der Waals surface area (Å²) in [5, 5.41) is 8.75. The van der Waals surface area contributed by atoms with Crippen LogP contribution in [0.4, 0.5) is 0 Å². The van der Waals surface area contributed by atoms with Gasteiger partial charge in [0.25, 0.3) is 0 Å². The quantitative estimate of drug-likeness (QED) is 0.667. The average molecular weight is 189 g/mol. The number of para-hydroxylation sites is 1. The van der Waals surface area contributed by atoms with Gasteiger partial charge in [-0.15, -0.1) is 0 Å². The summed E-state index contributed by atoms with van der Waals surface area (Å²) in [6, 6.07) is 9.71. The molecule has 1 saturated heterocycles. The zero-order valence-corrected chi connectivity index (χ0v) is 8.15. The lowest BCUT2D eigenvalue weighted by Gasteiger charge is -2.10. The summed E-state index contributed by atoms with van der Waals surface area (Å²) in [6.45, 7) is 1.90. The lowest BCUT2D eigenvalue weighted by atomic mass is 9.97. The van der Waals surface area contributed by atoms with E-state index in [0.717, 1.165) is 11.3 Å². The highest BCUT2D eigenvalue weighted by Gasteiger charge is 2.55. The molecular formula is C11H11NO2. The second-order valence-corrected chi connectivity index (χ2v) is 3.43. The normalized spacial score (nSPS) is 29.4. The third-order valence-electron chi connectivity index (χ3n) is 2.56. The van der Waals surface area contributed by atoms with Crippen LogP contribution in [0.25, 0.3) is 0 Å². The van der Waals surface area contributed by atoms with Gasteiger partial charge in [-0.05, 0) is 13.0 Å². The van der Waals surface area contributed by atoms with E-state index in [-0.39, 0.29) is 6.10 Å². The molecule has 1 heterocycles. The minimum absolute atomic E-state index is 0.348. The molecule has 72 valence electrons. The zero-order chi connectivity index (χ0) is 10.2. The van der Waals surface area contributed by atoms with Crippen molar-refractivity contribution in [1.82, 2.24) is 0 Å². The van der Waals surface area contributed by atoms with Gasteiger partial charge in [-0.1, -0.05) is 18.2 Å². The minimum Gasteiger partial charge on any atom is -0.496 e. The van der Waals surface area contributed by atoms with Gasteiger partial charge in [0.05, 0.1) is 13.2 Å². The van der Waals surface area contributed by atoms with E-state index in [2.05, 4.69) is 6.07 Å². The van der Waals surface area contributed by atoms with Crippen LogP contribution in [0.15, 0.2) is 24.3 Å². The van der Waals surface area contributed by atoms with Crippen LogP contribution >= 0.6 is 0 Å². The molecular weight excluding hydrogens is 178 g/mol. The van der Waals surface area contributed by atoms with Crippen molar-refractivity contribution in [3.8, 4) is 11.8 Å². The molecule has 2 unspecified atom stereocenters. The number of rotatable bonds is 2. The van der Waals surface area contributed by atoms with Gasteiger partial charge in [0.15, 0.2) is 6.10 Å². The summed E-state index contributed by atoms with van der Waals surface area (Å²) in [6.07, 6.45) is -0.348. The van der Waals surface area contributed by atoms with E-state index in [4.69, 9.17) is 14.7 Å². The fraction of sp³-hybridized carbons (Fsp3) is 0.364. The van der Waals surface area contributed by atoms with Crippen LogP contribution in [0.5, 0.6) is 5.75 Å². The highest BCUT2D eigenvalue weighted by molar-refractivity contribution is 5.42. The molecule has 1 aromatic rings. The summed E-state index contributed by atoms with van der Waals surface area (Å²) in [4.78, 5) is 0. The SMILES string of the molecule is COc1ccccc1C1(C)OC1C#N. The number of nitrogens with zero attached hydrogens (tertiary/aromatic N) is 1. The van der Waals surface area contributed by atoms with Crippen molar-refractivity contribution in [2.75, 3.05) is 7.11 Å². The number of hydrogen-bond acceptors (Lipinski definition) is 3. The van der Waals surface area contributed by atoms with E-state index in [9.17, 15) is 0 Å². The Balaban J connectivity index is 2.39. The van der Waals surface area contributed by atoms with E-state index in [1.165, 1.54) is 0 Å². The van der Waals surface area contributed by atoms with E-state index in [1.807, 2.05) is 31.2 Å². The second-order valence-electron chi connectivity index (χ2n) is 3.43. The molecule has 3 heteroatoms. The van der Waals surface area contributed by atoms with Crippen molar-refractivity contribution in [2.45, 2.75) is 18.6 Å². The second kappa shape index (κ2) is 3.00. The number of benzene rings is 1. The van der Waals surface area contributed by atoms with Gasteiger partial charge in [0.1, 0.15) is 11.4 Å². The highest BCUT2D eigenvalue weighted by atomic mass is 16.6. The Hall–Kier alpha value is -1.53. The standard InChI is InChI=1S/C11H11NO2/c1-11(10(7-12)14-11)8-5-3-4-6-9(8)13-2/h3-6,10H,1-2H3. The van der Waals surface area contributed by atoms with Gasteiger partial charge in [-0.25, -0.2) is 0 Å². The van der Waals surface area contributed by atoms with Crippen molar-refractivity contribution < 1.29 is 9.47 Å². The predicted octanol–water partition coefficient (Wildman–Crippen LogP) is 1.83. The molecule has 0 bridgehead atoms. The number of ether oxygens (including phenoxy) is 2. The van der Waals surface area contributed by atoms with Gasteiger partial charge in [0.2, 0.25) is 0 Å². The Morgan fingerprint density at radius 1 is 1.50 bits per heavy atom. The molecule has 0 aliphatic carbocycles. The smallest absolute Gasteiger partial charge is 0.178 e. The van der Waals surface area contributed by atoms with Crippen molar-refractivity contribution in [2.24, 2.45) is 0 Å². The summed E-state index contributed by atoms with van der Waals surface area (Å²) in [7, 11) is 1.62. The summed E-state index contributed by atoms with van der Waals surface area (Å²) in [5.41, 5.74) is 0.454. The van der Waals surface area contributed by atoms with Gasteiger partial charge >= 0.3 is 0 Å². The Morgan fingerprint density at radius 3 is 2.79 bits per heavy atom. The van der Waals surface area contributed by atoms with Gasteiger partial charge in [-0.2, -0.15) is 5.26 Å². The topological polar surface area (TPSA) is 45.5 Å². The third kappa shape index (κ3) is 1.16. The largest absolute Gasteiger partial charge is 0.496 e. The molecule has 0 amide bonds. The molecule has 1 fully saturated rings. The Morgan fingerprint density at radius 2 is 2.21 bits per heavy atom. The Kier molecular flexibility index (Phi) is 1.94. The molecule has 2 rings (SSSR count). The molecule has 0 radical (unpaired) electrons. The molecule has 1 aromatic carbocycles. The van der Waals surface area contributed by atoms with E-state index < -0.39 is 5.60 Å². The molecule has 0 N–H and O–H groups in total. The molecule has 0 spiro atoms. The summed E-state index contributed by atoms with van der Waals surface area (Å²) >= 11 is 0. The number of nitriles is 1. The van der Waals surface area contributed by atoms with Crippen LogP contribution in [0, 0.1) is 11.3 Å². The molecule has 0 aromatic heterocycles. The first-order valence-electron chi connectivity index (χ1n) is 4.43. The van der Waals surface area contributed by atoms with Crippen LogP contribution in [-0.4, -0.2) is 13.2 Å². The fourth-order valence-electron chi connectivity index (χ4n) is 1.62.